The van der Waals surface area contributed by atoms with Gasteiger partial charge in [-0.1, -0.05) is 146 Å². The van der Waals surface area contributed by atoms with E-state index < -0.39 is 0 Å². The Hall–Kier alpha value is -5.77. The van der Waals surface area contributed by atoms with Crippen molar-refractivity contribution >= 4 is 76.7 Å². The molecule has 0 spiro atoms. The Kier molecular flexibility index (Phi) is 6.58. The quantitative estimate of drug-likeness (QED) is 0.138. The molecule has 0 bridgehead atoms. The summed E-state index contributed by atoms with van der Waals surface area (Å²) in [7, 11) is 0. The number of hydrogen-bond donors (Lipinski definition) is 0. The predicted octanol–water partition coefficient (Wildman–Crippen LogP) is 12.4. The summed E-state index contributed by atoms with van der Waals surface area (Å²) in [4.78, 5) is 6.82. The van der Waals surface area contributed by atoms with Crippen LogP contribution in [0.25, 0.3) is 70.2 Å². The zero-order valence-corrected chi connectivity index (χ0v) is 26.5. The van der Waals surface area contributed by atoms with Gasteiger partial charge >= 0.3 is 0 Å². The summed E-state index contributed by atoms with van der Waals surface area (Å²) in [6.45, 7) is 4.73. The average Bonchev–Trinajstić information content (AvgIpc) is 3.53. The molecule has 9 rings (SSSR count). The molecule has 3 heteroatoms. The molecule has 2 heterocycles. The number of aliphatic imine (C=N–C) groups is 1. The number of nitrogens with zero attached hydrogens (tertiary/aromatic N) is 2. The van der Waals surface area contributed by atoms with E-state index >= 15 is 0 Å². The first kappa shape index (κ1) is 27.5. The van der Waals surface area contributed by atoms with Crippen LogP contribution in [0.4, 0.5) is 10.7 Å². The van der Waals surface area contributed by atoms with Crippen LogP contribution in [0.3, 0.4) is 0 Å². The highest BCUT2D eigenvalue weighted by molar-refractivity contribution is 7.23. The molecule has 1 aliphatic heterocycles. The van der Waals surface area contributed by atoms with Crippen LogP contribution in [-0.2, 0) is 0 Å². The van der Waals surface area contributed by atoms with E-state index in [4.69, 9.17) is 0 Å². The number of hydrogen-bond acceptors (Lipinski definition) is 3. The lowest BCUT2D eigenvalue weighted by Crippen LogP contribution is -2.18. The molecule has 7 aromatic carbocycles. The number of benzene rings is 7. The van der Waals surface area contributed by atoms with E-state index in [9.17, 15) is 0 Å². The fraction of sp³-hybridized carbons (Fsp3) is 0.0227. The molecule has 8 aromatic rings. The first-order chi connectivity index (χ1) is 23.3. The summed E-state index contributed by atoms with van der Waals surface area (Å²) in [6, 6.07) is 50.4. The number of fused-ring (bicyclic) bond motifs is 4. The SMILES string of the molecule is C=Nc1c(N2C=C(c3c4ccccc4c(-c4ccc(-c5ccccc5)c5ccccc45)c4ccccc34)C=CC2)sc2ccccc12. The van der Waals surface area contributed by atoms with Crippen LogP contribution in [-0.4, -0.2) is 13.3 Å². The maximum absolute atomic E-state index is 4.49. The maximum Gasteiger partial charge on any atom is 0.123 e. The molecule has 0 fully saturated rings. The fourth-order valence-electron chi connectivity index (χ4n) is 7.33. The number of rotatable bonds is 5. The molecule has 0 aliphatic carbocycles. The standard InChI is InChI=1S/C44H30N2S/c1-45-43-39-23-11-12-24-40(39)47-44(43)46-27-13-16-30(28-46)41-34-19-7-9-21-36(34)42(37-22-10-8-20-35(37)41)38-26-25-31(29-14-3-2-4-15-29)32-17-5-6-18-33(32)38/h2-26,28H,1,27H2. The second-order valence-electron chi connectivity index (χ2n) is 12.0. The van der Waals surface area contributed by atoms with Gasteiger partial charge in [0.1, 0.15) is 10.7 Å². The molecule has 47 heavy (non-hydrogen) atoms. The summed E-state index contributed by atoms with van der Waals surface area (Å²) < 4.78 is 1.22. The Bertz CT molecular complexity index is 2510. The Morgan fingerprint density at radius 1 is 0.532 bits per heavy atom. The molecule has 0 radical (unpaired) electrons. The van der Waals surface area contributed by atoms with Crippen molar-refractivity contribution in [2.45, 2.75) is 0 Å². The van der Waals surface area contributed by atoms with Gasteiger partial charge in [0.25, 0.3) is 0 Å². The summed E-state index contributed by atoms with van der Waals surface area (Å²) in [5.41, 5.74) is 8.40. The molecule has 0 saturated carbocycles. The van der Waals surface area contributed by atoms with Gasteiger partial charge in [0.2, 0.25) is 0 Å². The van der Waals surface area contributed by atoms with Gasteiger partial charge in [0, 0.05) is 22.8 Å². The molecule has 1 aliphatic rings. The topological polar surface area (TPSA) is 15.6 Å². The van der Waals surface area contributed by atoms with Gasteiger partial charge < -0.3 is 4.90 Å². The van der Waals surface area contributed by atoms with Crippen molar-refractivity contribution < 1.29 is 0 Å². The van der Waals surface area contributed by atoms with Crippen molar-refractivity contribution in [3.63, 3.8) is 0 Å². The highest BCUT2D eigenvalue weighted by atomic mass is 32.1. The van der Waals surface area contributed by atoms with E-state index in [1.54, 1.807) is 11.3 Å². The first-order valence-electron chi connectivity index (χ1n) is 15.9. The highest BCUT2D eigenvalue weighted by Gasteiger charge is 2.22. The van der Waals surface area contributed by atoms with Crippen molar-refractivity contribution in [2.24, 2.45) is 4.99 Å². The molecule has 0 saturated heterocycles. The van der Waals surface area contributed by atoms with Crippen molar-refractivity contribution in [3.05, 3.63) is 163 Å². The Labute approximate surface area is 277 Å². The largest absolute Gasteiger partial charge is 0.334 e. The molecular formula is C44H30N2S. The van der Waals surface area contributed by atoms with E-state index in [1.807, 2.05) is 0 Å². The van der Waals surface area contributed by atoms with Crippen LogP contribution in [0, 0.1) is 0 Å². The lowest BCUT2D eigenvalue weighted by Gasteiger charge is -2.25. The van der Waals surface area contributed by atoms with E-state index in [0.717, 1.165) is 22.6 Å². The van der Waals surface area contributed by atoms with Gasteiger partial charge in [0.15, 0.2) is 0 Å². The van der Waals surface area contributed by atoms with E-state index in [2.05, 4.69) is 174 Å². The second kappa shape index (κ2) is 11.2. The van der Waals surface area contributed by atoms with Crippen LogP contribution in [0.15, 0.2) is 163 Å². The van der Waals surface area contributed by atoms with E-state index in [-0.39, 0.29) is 0 Å². The Balaban J connectivity index is 1.29. The van der Waals surface area contributed by atoms with Crippen LogP contribution in [0.1, 0.15) is 5.56 Å². The van der Waals surface area contributed by atoms with Gasteiger partial charge in [-0.25, -0.2) is 0 Å². The first-order valence-corrected chi connectivity index (χ1v) is 16.8. The third-order valence-corrected chi connectivity index (χ3v) is 10.6. The summed E-state index contributed by atoms with van der Waals surface area (Å²) >= 11 is 1.77. The van der Waals surface area contributed by atoms with Crippen molar-refractivity contribution in [1.82, 2.24) is 0 Å². The number of allylic oxidation sites excluding steroid dienone is 2. The smallest absolute Gasteiger partial charge is 0.123 e. The molecule has 1 aromatic heterocycles. The minimum Gasteiger partial charge on any atom is -0.334 e. The molecule has 0 unspecified atom stereocenters. The minimum atomic E-state index is 0.784. The lowest BCUT2D eigenvalue weighted by molar-refractivity contribution is 1.10. The predicted molar refractivity (Wildman–Crippen MR) is 205 cm³/mol. The lowest BCUT2D eigenvalue weighted by atomic mass is 9.83. The maximum atomic E-state index is 4.49. The van der Waals surface area contributed by atoms with Crippen molar-refractivity contribution in [3.8, 4) is 22.3 Å². The van der Waals surface area contributed by atoms with Crippen molar-refractivity contribution in [1.29, 1.82) is 0 Å². The number of thiophene rings is 1. The molecular weight excluding hydrogens is 589 g/mol. The minimum absolute atomic E-state index is 0.784. The zero-order valence-electron chi connectivity index (χ0n) is 25.7. The second-order valence-corrected chi connectivity index (χ2v) is 13.0. The molecule has 2 nitrogen and oxygen atoms in total. The molecule has 222 valence electrons. The normalized spacial score (nSPS) is 13.1. The fourth-order valence-corrected chi connectivity index (χ4v) is 8.47. The third-order valence-electron chi connectivity index (χ3n) is 9.36. The van der Waals surface area contributed by atoms with Crippen LogP contribution in [0.2, 0.25) is 0 Å². The van der Waals surface area contributed by atoms with E-state index in [1.165, 1.54) is 70.4 Å². The van der Waals surface area contributed by atoms with E-state index in [0.29, 0.717) is 0 Å². The van der Waals surface area contributed by atoms with Crippen LogP contribution < -0.4 is 4.90 Å². The van der Waals surface area contributed by atoms with Gasteiger partial charge in [-0.05, 0) is 78.5 Å². The summed E-state index contributed by atoms with van der Waals surface area (Å²) in [5.74, 6) is 0. The molecule has 0 N–H and O–H groups in total. The molecule has 0 atom stereocenters. The Morgan fingerprint density at radius 2 is 1.06 bits per heavy atom. The summed E-state index contributed by atoms with van der Waals surface area (Å²) in [5, 5.41) is 9.78. The van der Waals surface area contributed by atoms with Crippen molar-refractivity contribution in [2.75, 3.05) is 11.4 Å². The average molecular weight is 619 g/mol. The van der Waals surface area contributed by atoms with Gasteiger partial charge in [-0.3, -0.25) is 4.99 Å². The highest BCUT2D eigenvalue weighted by Crippen LogP contribution is 2.48. The third kappa shape index (κ3) is 4.43. The molecule has 0 amide bonds. The van der Waals surface area contributed by atoms with Crippen LogP contribution >= 0.6 is 11.3 Å². The van der Waals surface area contributed by atoms with Gasteiger partial charge in [-0.15, -0.1) is 11.3 Å². The zero-order chi connectivity index (χ0) is 31.3. The number of anilines is 1. The van der Waals surface area contributed by atoms with Gasteiger partial charge in [-0.2, -0.15) is 0 Å². The monoisotopic (exact) mass is 618 g/mol. The Morgan fingerprint density at radius 3 is 1.72 bits per heavy atom. The van der Waals surface area contributed by atoms with Crippen LogP contribution in [0.5, 0.6) is 0 Å². The summed E-state index contributed by atoms with van der Waals surface area (Å²) in [6.07, 6.45) is 6.85. The van der Waals surface area contributed by atoms with Gasteiger partial charge in [0.05, 0.1) is 0 Å².